The van der Waals surface area contributed by atoms with Gasteiger partial charge in [0, 0.05) is 19.4 Å². The summed E-state index contributed by atoms with van der Waals surface area (Å²) in [5.74, 6) is -0.419. The van der Waals surface area contributed by atoms with Crippen LogP contribution in [0.3, 0.4) is 0 Å². The first-order valence-electron chi connectivity index (χ1n) is 23.2. The Hall–Kier alpha value is -2.14. The van der Waals surface area contributed by atoms with Crippen molar-refractivity contribution in [2.24, 2.45) is 0 Å². The summed E-state index contributed by atoms with van der Waals surface area (Å²) in [5.41, 5.74) is 0. The number of ether oxygens (including phenoxy) is 3. The zero-order valence-corrected chi connectivity index (χ0v) is 36.0. The summed E-state index contributed by atoms with van der Waals surface area (Å²) in [5, 5.41) is 0. The van der Waals surface area contributed by atoms with Crippen LogP contribution in [0.1, 0.15) is 226 Å². The van der Waals surface area contributed by atoms with Crippen LogP contribution in [0.2, 0.25) is 0 Å². The minimum Gasteiger partial charge on any atom is -0.462 e. The van der Waals surface area contributed by atoms with Gasteiger partial charge in [0.15, 0.2) is 6.10 Å². The zero-order chi connectivity index (χ0) is 39.3. The van der Waals surface area contributed by atoms with E-state index in [1.165, 1.54) is 109 Å². The lowest BCUT2D eigenvalue weighted by atomic mass is 10.0. The van der Waals surface area contributed by atoms with Gasteiger partial charge in [0.1, 0.15) is 6.61 Å². The highest BCUT2D eigenvalue weighted by atomic mass is 16.6. The second-order valence-electron chi connectivity index (χ2n) is 15.3. The molecule has 1 atom stereocenters. The van der Waals surface area contributed by atoms with Gasteiger partial charge in [-0.3, -0.25) is 9.59 Å². The fourth-order valence-electron chi connectivity index (χ4n) is 6.44. The van der Waals surface area contributed by atoms with E-state index in [1.54, 1.807) is 0 Å². The minimum absolute atomic E-state index is 0.0758. The SMILES string of the molecule is CC/C=C\C/C=C\C/C=C\C/C=C\CCCCCCC(=O)OCC(COCCCCCCCCCC)OC(=O)CCCCCCCCCCCCCCC. The number of rotatable bonds is 42. The molecule has 0 aromatic carbocycles. The normalized spacial score (nSPS) is 12.6. The van der Waals surface area contributed by atoms with Crippen LogP contribution in [0, 0.1) is 0 Å². The molecule has 0 saturated heterocycles. The Labute approximate surface area is 335 Å². The van der Waals surface area contributed by atoms with Crippen LogP contribution in [-0.2, 0) is 23.8 Å². The highest BCUT2D eigenvalue weighted by molar-refractivity contribution is 5.70. The maximum atomic E-state index is 12.7. The summed E-state index contributed by atoms with van der Waals surface area (Å²) >= 11 is 0. The molecule has 0 aromatic heterocycles. The third-order valence-corrected chi connectivity index (χ3v) is 9.88. The number of esters is 2. The lowest BCUT2D eigenvalue weighted by Gasteiger charge is -2.18. The highest BCUT2D eigenvalue weighted by Gasteiger charge is 2.17. The molecule has 1 unspecified atom stereocenters. The van der Waals surface area contributed by atoms with Crippen molar-refractivity contribution in [2.75, 3.05) is 19.8 Å². The first-order chi connectivity index (χ1) is 26.6. The predicted octanol–water partition coefficient (Wildman–Crippen LogP) is 15.2. The Morgan fingerprint density at radius 1 is 0.426 bits per heavy atom. The van der Waals surface area contributed by atoms with Gasteiger partial charge in [-0.15, -0.1) is 0 Å². The molecule has 0 saturated carbocycles. The van der Waals surface area contributed by atoms with E-state index in [4.69, 9.17) is 14.2 Å². The van der Waals surface area contributed by atoms with E-state index in [2.05, 4.69) is 69.4 Å². The summed E-state index contributed by atoms with van der Waals surface area (Å²) in [6, 6.07) is 0. The Bertz CT molecular complexity index is 904. The van der Waals surface area contributed by atoms with Gasteiger partial charge in [-0.05, 0) is 57.8 Å². The predicted molar refractivity (Wildman–Crippen MR) is 233 cm³/mol. The summed E-state index contributed by atoms with van der Waals surface area (Å²) in [7, 11) is 0. The Kier molecular flexibility index (Phi) is 43.5. The van der Waals surface area contributed by atoms with Crippen LogP contribution in [0.25, 0.3) is 0 Å². The van der Waals surface area contributed by atoms with Gasteiger partial charge in [0.05, 0.1) is 6.61 Å². The van der Waals surface area contributed by atoms with Crippen molar-refractivity contribution in [3.8, 4) is 0 Å². The van der Waals surface area contributed by atoms with E-state index < -0.39 is 6.10 Å². The number of unbranched alkanes of at least 4 members (excludes halogenated alkanes) is 23. The molecule has 0 aliphatic carbocycles. The van der Waals surface area contributed by atoms with E-state index in [9.17, 15) is 9.59 Å². The highest BCUT2D eigenvalue weighted by Crippen LogP contribution is 2.14. The van der Waals surface area contributed by atoms with Crippen LogP contribution < -0.4 is 0 Å². The fourth-order valence-corrected chi connectivity index (χ4v) is 6.44. The lowest BCUT2D eigenvalue weighted by molar-refractivity contribution is -0.163. The van der Waals surface area contributed by atoms with E-state index in [0.29, 0.717) is 19.4 Å². The smallest absolute Gasteiger partial charge is 0.306 e. The first kappa shape index (κ1) is 51.9. The maximum Gasteiger partial charge on any atom is 0.306 e. The molecule has 0 fully saturated rings. The Morgan fingerprint density at radius 2 is 0.833 bits per heavy atom. The Balaban J connectivity index is 4.21. The molecular formula is C49H88O5. The third-order valence-electron chi connectivity index (χ3n) is 9.88. The second-order valence-corrected chi connectivity index (χ2v) is 15.3. The van der Waals surface area contributed by atoms with Gasteiger partial charge >= 0.3 is 11.9 Å². The Morgan fingerprint density at radius 3 is 1.33 bits per heavy atom. The average Bonchev–Trinajstić information content (AvgIpc) is 3.17. The van der Waals surface area contributed by atoms with E-state index in [1.807, 2.05) is 0 Å². The van der Waals surface area contributed by atoms with Crippen molar-refractivity contribution >= 4 is 11.9 Å². The number of hydrogen-bond donors (Lipinski definition) is 0. The van der Waals surface area contributed by atoms with Crippen LogP contribution in [0.4, 0.5) is 0 Å². The van der Waals surface area contributed by atoms with E-state index in [-0.39, 0.29) is 25.2 Å². The van der Waals surface area contributed by atoms with Gasteiger partial charge < -0.3 is 14.2 Å². The van der Waals surface area contributed by atoms with Gasteiger partial charge in [-0.1, -0.05) is 204 Å². The van der Waals surface area contributed by atoms with Gasteiger partial charge in [-0.25, -0.2) is 0 Å². The molecule has 0 heterocycles. The van der Waals surface area contributed by atoms with Crippen molar-refractivity contribution in [1.29, 1.82) is 0 Å². The molecule has 54 heavy (non-hydrogen) atoms. The summed E-state index contributed by atoms with van der Waals surface area (Å²) in [6.07, 6.45) is 53.9. The summed E-state index contributed by atoms with van der Waals surface area (Å²) in [6.45, 7) is 7.69. The molecule has 0 amide bonds. The average molecular weight is 757 g/mol. The van der Waals surface area contributed by atoms with Crippen molar-refractivity contribution in [3.05, 3.63) is 48.6 Å². The van der Waals surface area contributed by atoms with Gasteiger partial charge in [0.2, 0.25) is 0 Å². The first-order valence-corrected chi connectivity index (χ1v) is 23.2. The number of allylic oxidation sites excluding steroid dienone is 8. The number of carbonyl (C=O) groups is 2. The molecule has 0 aliphatic rings. The van der Waals surface area contributed by atoms with Crippen molar-refractivity contribution < 1.29 is 23.8 Å². The van der Waals surface area contributed by atoms with Gasteiger partial charge in [-0.2, -0.15) is 0 Å². The van der Waals surface area contributed by atoms with Crippen molar-refractivity contribution in [1.82, 2.24) is 0 Å². The zero-order valence-electron chi connectivity index (χ0n) is 36.0. The molecule has 0 rings (SSSR count). The fraction of sp³-hybridized carbons (Fsp3) is 0.796. The van der Waals surface area contributed by atoms with Crippen LogP contribution in [0.5, 0.6) is 0 Å². The van der Waals surface area contributed by atoms with Crippen molar-refractivity contribution in [3.63, 3.8) is 0 Å². The summed E-state index contributed by atoms with van der Waals surface area (Å²) in [4.78, 5) is 25.2. The minimum atomic E-state index is -0.538. The van der Waals surface area contributed by atoms with E-state index >= 15 is 0 Å². The topological polar surface area (TPSA) is 61.8 Å². The van der Waals surface area contributed by atoms with Crippen LogP contribution >= 0.6 is 0 Å². The van der Waals surface area contributed by atoms with Crippen molar-refractivity contribution in [2.45, 2.75) is 232 Å². The maximum absolute atomic E-state index is 12.7. The molecule has 5 heteroatoms. The molecule has 0 bridgehead atoms. The molecule has 0 aliphatic heterocycles. The quantitative estimate of drug-likeness (QED) is 0.0353. The summed E-state index contributed by atoms with van der Waals surface area (Å²) < 4.78 is 17.3. The second kappa shape index (κ2) is 45.3. The van der Waals surface area contributed by atoms with E-state index in [0.717, 1.165) is 83.5 Å². The standard InChI is InChI=1S/C49H88O5/c1-4-7-10-13-16-19-21-23-24-25-26-28-29-31-33-36-39-42-48(50)53-46-47(45-52-44-41-38-35-18-15-12-9-6-3)54-49(51)43-40-37-34-32-30-27-22-20-17-14-11-8-5-2/h7,10,16,19,23-24,26,28,47H,4-6,8-9,11-15,17-18,20-22,25,27,29-46H2,1-3H3/b10-7-,19-16-,24-23-,28-26-. The lowest BCUT2D eigenvalue weighted by Crippen LogP contribution is -2.30. The monoisotopic (exact) mass is 757 g/mol. The largest absolute Gasteiger partial charge is 0.462 e. The molecule has 5 nitrogen and oxygen atoms in total. The molecular weight excluding hydrogens is 669 g/mol. The molecule has 0 spiro atoms. The number of carbonyl (C=O) groups excluding carboxylic acids is 2. The van der Waals surface area contributed by atoms with Gasteiger partial charge in [0.25, 0.3) is 0 Å². The molecule has 0 N–H and O–H groups in total. The third kappa shape index (κ3) is 42.6. The number of hydrogen-bond acceptors (Lipinski definition) is 5. The molecule has 314 valence electrons. The van der Waals surface area contributed by atoms with Crippen LogP contribution in [-0.4, -0.2) is 37.9 Å². The molecule has 0 radical (unpaired) electrons. The molecule has 0 aromatic rings. The van der Waals surface area contributed by atoms with Crippen LogP contribution in [0.15, 0.2) is 48.6 Å².